The van der Waals surface area contributed by atoms with Crippen LogP contribution in [0.1, 0.15) is 53.5 Å². The summed E-state index contributed by atoms with van der Waals surface area (Å²) in [4.78, 5) is 16.7. The SMILES string of the molecule is CCOC(=O)CC1Cc2ccc(OCCCN=c3ccccn3O)cc2Cc2c(C)cccc21. The van der Waals surface area contributed by atoms with Crippen molar-refractivity contribution in [2.45, 2.75) is 45.4 Å². The molecule has 1 heterocycles. The number of hydrogen-bond acceptors (Lipinski definition) is 5. The van der Waals surface area contributed by atoms with Crippen LogP contribution in [-0.2, 0) is 22.4 Å². The molecule has 1 atom stereocenters. The molecular weight excluding hydrogens is 428 g/mol. The number of hydrogen-bond donors (Lipinski definition) is 1. The number of fused-ring (bicyclic) bond motifs is 2. The zero-order valence-corrected chi connectivity index (χ0v) is 19.9. The minimum absolute atomic E-state index is 0.107. The summed E-state index contributed by atoms with van der Waals surface area (Å²) >= 11 is 0. The Kier molecular flexibility index (Phi) is 7.68. The average Bonchev–Trinajstić information content (AvgIpc) is 2.97. The number of aromatic nitrogens is 1. The molecule has 6 nitrogen and oxygen atoms in total. The molecule has 0 fully saturated rings. The van der Waals surface area contributed by atoms with Gasteiger partial charge in [0.2, 0.25) is 0 Å². The van der Waals surface area contributed by atoms with E-state index in [2.05, 4.69) is 42.2 Å². The van der Waals surface area contributed by atoms with Crippen LogP contribution in [0.3, 0.4) is 0 Å². The Labute approximate surface area is 200 Å². The van der Waals surface area contributed by atoms with Gasteiger partial charge in [-0.15, -0.1) is 0 Å². The zero-order chi connectivity index (χ0) is 23.9. The Balaban J connectivity index is 1.46. The highest BCUT2D eigenvalue weighted by Crippen LogP contribution is 2.36. The predicted molar refractivity (Wildman–Crippen MR) is 130 cm³/mol. The van der Waals surface area contributed by atoms with Crippen LogP contribution in [0.5, 0.6) is 5.75 Å². The van der Waals surface area contributed by atoms with Crippen molar-refractivity contribution in [3.63, 3.8) is 0 Å². The van der Waals surface area contributed by atoms with E-state index in [9.17, 15) is 10.0 Å². The van der Waals surface area contributed by atoms with Gasteiger partial charge >= 0.3 is 5.97 Å². The van der Waals surface area contributed by atoms with Crippen molar-refractivity contribution in [1.29, 1.82) is 0 Å². The lowest BCUT2D eigenvalue weighted by Crippen LogP contribution is -2.17. The smallest absolute Gasteiger partial charge is 0.306 e. The first-order valence-electron chi connectivity index (χ1n) is 11.9. The van der Waals surface area contributed by atoms with E-state index in [1.165, 1.54) is 27.8 Å². The van der Waals surface area contributed by atoms with Crippen molar-refractivity contribution in [3.05, 3.63) is 94.1 Å². The molecule has 0 spiro atoms. The predicted octanol–water partition coefficient (Wildman–Crippen LogP) is 4.59. The lowest BCUT2D eigenvalue weighted by atomic mass is 9.87. The van der Waals surface area contributed by atoms with Gasteiger partial charge in [-0.2, -0.15) is 4.73 Å². The molecule has 2 aromatic carbocycles. The molecule has 178 valence electrons. The van der Waals surface area contributed by atoms with E-state index >= 15 is 0 Å². The molecular formula is C28H32N2O4. The highest BCUT2D eigenvalue weighted by atomic mass is 16.5. The minimum Gasteiger partial charge on any atom is -0.494 e. The maximum Gasteiger partial charge on any atom is 0.306 e. The molecule has 0 saturated carbocycles. The van der Waals surface area contributed by atoms with Crippen molar-refractivity contribution in [2.24, 2.45) is 4.99 Å². The second kappa shape index (κ2) is 11.1. The second-order valence-corrected chi connectivity index (χ2v) is 8.65. The quantitative estimate of drug-likeness (QED) is 0.303. The Bertz CT molecular complexity index is 1220. The number of pyridine rings is 1. The zero-order valence-electron chi connectivity index (χ0n) is 19.9. The Morgan fingerprint density at radius 2 is 2.03 bits per heavy atom. The molecule has 1 aromatic heterocycles. The average molecular weight is 461 g/mol. The topological polar surface area (TPSA) is 73.0 Å². The number of aryl methyl sites for hydroxylation is 1. The van der Waals surface area contributed by atoms with E-state index in [-0.39, 0.29) is 11.9 Å². The molecule has 4 rings (SSSR count). The summed E-state index contributed by atoms with van der Waals surface area (Å²) in [5.74, 6) is 0.807. The first-order valence-corrected chi connectivity index (χ1v) is 11.9. The molecule has 0 aliphatic heterocycles. The number of ether oxygens (including phenoxy) is 2. The fraction of sp³-hybridized carbons (Fsp3) is 0.357. The third-order valence-corrected chi connectivity index (χ3v) is 6.28. The molecule has 0 radical (unpaired) electrons. The highest BCUT2D eigenvalue weighted by Gasteiger charge is 2.26. The van der Waals surface area contributed by atoms with Gasteiger partial charge in [-0.05, 0) is 84.7 Å². The van der Waals surface area contributed by atoms with Crippen LogP contribution in [0.4, 0.5) is 0 Å². The summed E-state index contributed by atoms with van der Waals surface area (Å²) < 4.78 is 12.3. The van der Waals surface area contributed by atoms with Gasteiger partial charge in [-0.1, -0.05) is 30.3 Å². The Morgan fingerprint density at radius 3 is 2.85 bits per heavy atom. The third-order valence-electron chi connectivity index (χ3n) is 6.28. The van der Waals surface area contributed by atoms with Crippen molar-refractivity contribution >= 4 is 5.97 Å². The van der Waals surface area contributed by atoms with Crippen molar-refractivity contribution in [1.82, 2.24) is 4.73 Å². The summed E-state index contributed by atoms with van der Waals surface area (Å²) in [5, 5.41) is 9.73. The maximum atomic E-state index is 12.3. The Morgan fingerprint density at radius 1 is 1.15 bits per heavy atom. The van der Waals surface area contributed by atoms with Gasteiger partial charge in [0, 0.05) is 19.2 Å². The molecule has 34 heavy (non-hydrogen) atoms. The van der Waals surface area contributed by atoms with Crippen LogP contribution in [0.15, 0.2) is 65.8 Å². The normalized spacial score (nSPS) is 15.2. The van der Waals surface area contributed by atoms with Crippen LogP contribution >= 0.6 is 0 Å². The third kappa shape index (κ3) is 5.68. The van der Waals surface area contributed by atoms with Crippen molar-refractivity contribution in [3.8, 4) is 5.75 Å². The second-order valence-electron chi connectivity index (χ2n) is 8.65. The summed E-state index contributed by atoms with van der Waals surface area (Å²) in [7, 11) is 0. The lowest BCUT2D eigenvalue weighted by Gasteiger charge is -2.18. The summed E-state index contributed by atoms with van der Waals surface area (Å²) in [6, 6.07) is 18.0. The highest BCUT2D eigenvalue weighted by molar-refractivity contribution is 5.71. The van der Waals surface area contributed by atoms with Crippen LogP contribution in [0, 0.1) is 6.92 Å². The van der Waals surface area contributed by atoms with Gasteiger partial charge in [0.25, 0.3) is 0 Å². The van der Waals surface area contributed by atoms with Crippen LogP contribution in [0.2, 0.25) is 0 Å². The number of benzene rings is 2. The van der Waals surface area contributed by atoms with Gasteiger partial charge in [-0.25, -0.2) is 0 Å². The first-order chi connectivity index (χ1) is 16.5. The standard InChI is InChI=1S/C28H32N2O4/c1-3-33-28(31)19-23-16-21-11-12-24(17-22(21)18-26-20(2)8-6-9-25(23)26)34-15-7-13-29-27-10-4-5-14-30(27)32/h4-6,8-12,14,17,23,32H,3,7,13,15-16,18-19H2,1-2H3. The van der Waals surface area contributed by atoms with Crippen LogP contribution in [0.25, 0.3) is 0 Å². The lowest BCUT2D eigenvalue weighted by molar-refractivity contribution is -0.143. The summed E-state index contributed by atoms with van der Waals surface area (Å²) in [5.41, 5.74) is 6.81. The minimum atomic E-state index is -0.143. The molecule has 1 aliphatic rings. The number of nitrogens with zero attached hydrogens (tertiary/aromatic N) is 2. The molecule has 0 bridgehead atoms. The molecule has 0 saturated heterocycles. The van der Waals surface area contributed by atoms with Gasteiger partial charge < -0.3 is 14.7 Å². The number of rotatable bonds is 8. The van der Waals surface area contributed by atoms with Gasteiger partial charge in [-0.3, -0.25) is 9.79 Å². The molecule has 3 aromatic rings. The van der Waals surface area contributed by atoms with Crippen molar-refractivity contribution in [2.75, 3.05) is 19.8 Å². The summed E-state index contributed by atoms with van der Waals surface area (Å²) in [6.45, 7) is 5.50. The number of carbonyl (C=O) groups excluding carboxylic acids is 1. The monoisotopic (exact) mass is 460 g/mol. The number of esters is 1. The molecule has 0 amide bonds. The van der Waals surface area contributed by atoms with E-state index < -0.39 is 0 Å². The largest absolute Gasteiger partial charge is 0.494 e. The van der Waals surface area contributed by atoms with E-state index in [0.717, 1.165) is 29.7 Å². The van der Waals surface area contributed by atoms with E-state index in [4.69, 9.17) is 9.47 Å². The first kappa shape index (κ1) is 23.6. The molecule has 1 aliphatic carbocycles. The fourth-order valence-corrected chi connectivity index (χ4v) is 4.57. The van der Waals surface area contributed by atoms with Crippen LogP contribution in [-0.4, -0.2) is 35.7 Å². The van der Waals surface area contributed by atoms with Crippen LogP contribution < -0.4 is 10.2 Å². The molecule has 1 unspecified atom stereocenters. The van der Waals surface area contributed by atoms with Crippen molar-refractivity contribution < 1.29 is 19.5 Å². The maximum absolute atomic E-state index is 12.3. The molecule has 1 N–H and O–H groups in total. The van der Waals surface area contributed by atoms with E-state index in [0.29, 0.717) is 31.7 Å². The Hall–Kier alpha value is -3.54. The van der Waals surface area contributed by atoms with Gasteiger partial charge in [0.05, 0.1) is 19.6 Å². The summed E-state index contributed by atoms with van der Waals surface area (Å²) in [6.07, 6.45) is 4.33. The van der Waals surface area contributed by atoms with E-state index in [1.54, 1.807) is 18.3 Å². The number of carbonyl (C=O) groups is 1. The van der Waals surface area contributed by atoms with Gasteiger partial charge in [0.15, 0.2) is 5.49 Å². The van der Waals surface area contributed by atoms with Gasteiger partial charge in [0.1, 0.15) is 5.75 Å². The van der Waals surface area contributed by atoms with E-state index in [1.807, 2.05) is 19.1 Å². The fourth-order valence-electron chi connectivity index (χ4n) is 4.57. The molecule has 6 heteroatoms.